The number of amides is 1. The number of nitrogens with one attached hydrogen (secondary N) is 2. The summed E-state index contributed by atoms with van der Waals surface area (Å²) in [5.41, 5.74) is 6.91. The third kappa shape index (κ3) is 4.36. The maximum absolute atomic E-state index is 13.0. The predicted octanol–water partition coefficient (Wildman–Crippen LogP) is 5.50. The Bertz CT molecular complexity index is 1250. The van der Waals surface area contributed by atoms with E-state index in [4.69, 9.17) is 5.73 Å². The quantitative estimate of drug-likeness (QED) is 0.332. The van der Waals surface area contributed by atoms with Crippen molar-refractivity contribution >= 4 is 44.2 Å². The van der Waals surface area contributed by atoms with Gasteiger partial charge in [-0.05, 0) is 51.8 Å². The Morgan fingerprint density at radius 1 is 1.26 bits per heavy atom. The first kappa shape index (κ1) is 21.5. The van der Waals surface area contributed by atoms with E-state index in [2.05, 4.69) is 31.2 Å². The first-order valence-corrected chi connectivity index (χ1v) is 10.8. The van der Waals surface area contributed by atoms with E-state index >= 15 is 0 Å². The highest BCUT2D eigenvalue weighted by Crippen LogP contribution is 2.39. The molecule has 0 spiro atoms. The van der Waals surface area contributed by atoms with E-state index in [0.29, 0.717) is 10.4 Å². The molecule has 0 aliphatic carbocycles. The normalized spacial score (nSPS) is 12.8. The molecule has 1 atom stereocenters. The van der Waals surface area contributed by atoms with Crippen LogP contribution in [0.1, 0.15) is 26.8 Å². The predicted molar refractivity (Wildman–Crippen MR) is 118 cm³/mol. The summed E-state index contributed by atoms with van der Waals surface area (Å²) in [5, 5.41) is 3.66. The molecule has 0 radical (unpaired) electrons. The Balaban J connectivity index is 1.61. The number of aromatic nitrogens is 2. The molecule has 160 valence electrons. The van der Waals surface area contributed by atoms with E-state index in [1.54, 1.807) is 18.5 Å². The van der Waals surface area contributed by atoms with Gasteiger partial charge < -0.3 is 16.0 Å². The Morgan fingerprint density at radius 3 is 2.81 bits per heavy atom. The number of carbonyl (C=O) groups is 1. The van der Waals surface area contributed by atoms with Gasteiger partial charge in [0.15, 0.2) is 0 Å². The van der Waals surface area contributed by atoms with Crippen LogP contribution in [0, 0.1) is 0 Å². The van der Waals surface area contributed by atoms with E-state index in [1.807, 2.05) is 12.1 Å². The van der Waals surface area contributed by atoms with Gasteiger partial charge in [0.05, 0.1) is 21.4 Å². The van der Waals surface area contributed by atoms with Crippen LogP contribution in [0.4, 0.5) is 13.2 Å². The molecule has 1 unspecified atom stereocenters. The summed E-state index contributed by atoms with van der Waals surface area (Å²) in [5.74, 6) is -0.413. The summed E-state index contributed by atoms with van der Waals surface area (Å²) in [6.45, 7) is -0.0409. The SMILES string of the molecule is NCC(NC(=O)c1cc(Br)c(-c2ccnc3[nH]ccc23)s1)c1cccc(C(F)(F)F)c1. The van der Waals surface area contributed by atoms with Crippen molar-refractivity contribution in [1.82, 2.24) is 15.3 Å². The number of rotatable bonds is 5. The van der Waals surface area contributed by atoms with Crippen molar-refractivity contribution in [3.8, 4) is 10.4 Å². The molecular formula is C21H16BrF3N4OS. The van der Waals surface area contributed by atoms with Gasteiger partial charge in [-0.15, -0.1) is 11.3 Å². The van der Waals surface area contributed by atoms with E-state index in [0.717, 1.165) is 38.1 Å². The van der Waals surface area contributed by atoms with Gasteiger partial charge in [-0.25, -0.2) is 4.98 Å². The first-order valence-electron chi connectivity index (χ1n) is 9.18. The molecule has 0 saturated carbocycles. The highest BCUT2D eigenvalue weighted by molar-refractivity contribution is 9.10. The number of thiophene rings is 1. The zero-order chi connectivity index (χ0) is 22.2. The highest BCUT2D eigenvalue weighted by atomic mass is 79.9. The zero-order valence-corrected chi connectivity index (χ0v) is 18.2. The number of nitrogens with zero attached hydrogens (tertiary/aromatic N) is 1. The topological polar surface area (TPSA) is 83.8 Å². The van der Waals surface area contributed by atoms with Gasteiger partial charge >= 0.3 is 6.18 Å². The molecule has 1 aromatic carbocycles. The van der Waals surface area contributed by atoms with Crippen LogP contribution in [0.3, 0.4) is 0 Å². The summed E-state index contributed by atoms with van der Waals surface area (Å²) < 4.78 is 39.8. The molecule has 0 saturated heterocycles. The van der Waals surface area contributed by atoms with Crippen molar-refractivity contribution in [2.45, 2.75) is 12.2 Å². The van der Waals surface area contributed by atoms with Crippen molar-refractivity contribution in [3.05, 3.63) is 75.3 Å². The largest absolute Gasteiger partial charge is 0.416 e. The van der Waals surface area contributed by atoms with Crippen LogP contribution < -0.4 is 11.1 Å². The zero-order valence-electron chi connectivity index (χ0n) is 15.8. The van der Waals surface area contributed by atoms with E-state index in [-0.39, 0.29) is 6.54 Å². The number of alkyl halides is 3. The molecule has 3 aromatic heterocycles. The molecule has 0 aliphatic rings. The Labute approximate surface area is 187 Å². The van der Waals surface area contributed by atoms with E-state index in [1.165, 1.54) is 23.5 Å². The highest BCUT2D eigenvalue weighted by Gasteiger charge is 2.31. The standard InChI is InChI=1S/C21H16BrF3N4OS/c22-15-9-17(31-18(15)13-4-6-27-19-14(13)5-7-28-19)20(30)29-16(10-26)11-2-1-3-12(8-11)21(23,24)25/h1-9,16H,10,26H2,(H,27,28)(H,29,30). The number of hydrogen-bond donors (Lipinski definition) is 3. The number of pyridine rings is 1. The van der Waals surface area contributed by atoms with Gasteiger partial charge in [-0.3, -0.25) is 4.79 Å². The average molecular weight is 509 g/mol. The number of benzene rings is 1. The Kier molecular flexibility index (Phi) is 5.87. The third-order valence-electron chi connectivity index (χ3n) is 4.77. The van der Waals surface area contributed by atoms with Crippen molar-refractivity contribution in [3.63, 3.8) is 0 Å². The van der Waals surface area contributed by atoms with Gasteiger partial charge in [0.2, 0.25) is 0 Å². The molecule has 0 bridgehead atoms. The van der Waals surface area contributed by atoms with Gasteiger partial charge in [0, 0.05) is 34.4 Å². The maximum Gasteiger partial charge on any atom is 0.416 e. The number of hydrogen-bond acceptors (Lipinski definition) is 4. The lowest BCUT2D eigenvalue weighted by Gasteiger charge is -2.18. The first-order chi connectivity index (χ1) is 14.8. The van der Waals surface area contributed by atoms with Crippen LogP contribution in [-0.4, -0.2) is 22.4 Å². The molecule has 1 amide bonds. The fraction of sp³-hybridized carbons (Fsp3) is 0.143. The van der Waals surface area contributed by atoms with Crippen LogP contribution in [0.25, 0.3) is 21.5 Å². The monoisotopic (exact) mass is 508 g/mol. The molecule has 0 fully saturated rings. The molecule has 3 heterocycles. The molecular weight excluding hydrogens is 493 g/mol. The van der Waals surface area contributed by atoms with Crippen LogP contribution in [0.2, 0.25) is 0 Å². The van der Waals surface area contributed by atoms with Crippen molar-refractivity contribution < 1.29 is 18.0 Å². The molecule has 4 rings (SSSR count). The van der Waals surface area contributed by atoms with Gasteiger partial charge in [-0.2, -0.15) is 13.2 Å². The summed E-state index contributed by atoms with van der Waals surface area (Å²) >= 11 is 4.78. The van der Waals surface area contributed by atoms with Gasteiger partial charge in [-0.1, -0.05) is 12.1 Å². The Hall–Kier alpha value is -2.69. The summed E-state index contributed by atoms with van der Waals surface area (Å²) in [4.78, 5) is 21.4. The minimum atomic E-state index is -4.47. The van der Waals surface area contributed by atoms with Crippen molar-refractivity contribution in [1.29, 1.82) is 0 Å². The third-order valence-corrected chi connectivity index (χ3v) is 6.83. The summed E-state index contributed by atoms with van der Waals surface area (Å²) in [6.07, 6.45) is -1.00. The molecule has 5 nitrogen and oxygen atoms in total. The van der Waals surface area contributed by atoms with Crippen LogP contribution in [-0.2, 0) is 6.18 Å². The second kappa shape index (κ2) is 8.45. The van der Waals surface area contributed by atoms with Gasteiger partial charge in [0.25, 0.3) is 5.91 Å². The number of halogens is 4. The smallest absolute Gasteiger partial charge is 0.346 e. The molecule has 31 heavy (non-hydrogen) atoms. The lowest BCUT2D eigenvalue weighted by atomic mass is 10.0. The van der Waals surface area contributed by atoms with E-state index in [9.17, 15) is 18.0 Å². The molecule has 10 heteroatoms. The van der Waals surface area contributed by atoms with Gasteiger partial charge in [0.1, 0.15) is 5.65 Å². The molecule has 4 N–H and O–H groups in total. The number of fused-ring (bicyclic) bond motifs is 1. The maximum atomic E-state index is 13.0. The molecule has 4 aromatic rings. The number of aromatic amines is 1. The number of H-pyrrole nitrogens is 1. The lowest BCUT2D eigenvalue weighted by Crippen LogP contribution is -2.33. The lowest BCUT2D eigenvalue weighted by molar-refractivity contribution is -0.137. The van der Waals surface area contributed by atoms with Crippen LogP contribution in [0.5, 0.6) is 0 Å². The fourth-order valence-electron chi connectivity index (χ4n) is 3.26. The van der Waals surface area contributed by atoms with Crippen molar-refractivity contribution in [2.24, 2.45) is 5.73 Å². The summed E-state index contributed by atoms with van der Waals surface area (Å²) in [6, 6.07) is 9.51. The fourth-order valence-corrected chi connectivity index (χ4v) is 5.09. The Morgan fingerprint density at radius 2 is 2.06 bits per heavy atom. The molecule has 0 aliphatic heterocycles. The minimum Gasteiger partial charge on any atom is -0.346 e. The number of carbonyl (C=O) groups excluding carboxylic acids is 1. The average Bonchev–Trinajstić information content (AvgIpc) is 3.37. The van der Waals surface area contributed by atoms with Crippen LogP contribution >= 0.6 is 27.3 Å². The van der Waals surface area contributed by atoms with Crippen LogP contribution in [0.15, 0.2) is 59.3 Å². The number of nitrogens with two attached hydrogens (primary N) is 1. The van der Waals surface area contributed by atoms with E-state index < -0.39 is 23.7 Å². The second-order valence-corrected chi connectivity index (χ2v) is 8.68. The van der Waals surface area contributed by atoms with Crippen molar-refractivity contribution in [2.75, 3.05) is 6.54 Å². The second-order valence-electron chi connectivity index (χ2n) is 6.77. The summed E-state index contributed by atoms with van der Waals surface area (Å²) in [7, 11) is 0. The minimum absolute atomic E-state index is 0.0409.